The van der Waals surface area contributed by atoms with Gasteiger partial charge in [0.25, 0.3) is 0 Å². The fourth-order valence-corrected chi connectivity index (χ4v) is 2.32. The smallest absolute Gasteiger partial charge is 0.339 e. The van der Waals surface area contributed by atoms with E-state index in [0.717, 1.165) is 5.56 Å². The van der Waals surface area contributed by atoms with Crippen LogP contribution in [-0.4, -0.2) is 25.8 Å². The third-order valence-corrected chi connectivity index (χ3v) is 3.22. The third kappa shape index (κ3) is 4.21. The molecule has 0 aliphatic rings. The lowest BCUT2D eigenvalue weighted by atomic mass is 10.0. The van der Waals surface area contributed by atoms with Crippen LogP contribution >= 0.6 is 15.9 Å². The van der Waals surface area contributed by atoms with Gasteiger partial charge >= 0.3 is 5.97 Å². The van der Waals surface area contributed by atoms with E-state index in [9.17, 15) is 4.79 Å². The second-order valence-electron chi connectivity index (χ2n) is 5.35. The number of carbonyl (C=O) groups is 1. The fraction of sp³-hybridized carbons (Fsp3) is 0.533. The Balaban J connectivity index is 3.35. The zero-order valence-electron chi connectivity index (χ0n) is 12.6. The van der Waals surface area contributed by atoms with Crippen molar-refractivity contribution in [3.05, 3.63) is 28.8 Å². The van der Waals surface area contributed by atoms with E-state index in [-0.39, 0.29) is 5.97 Å². The molecule has 1 rings (SSSR count). The van der Waals surface area contributed by atoms with Crippen molar-refractivity contribution in [2.75, 3.05) is 14.2 Å². The van der Waals surface area contributed by atoms with Gasteiger partial charge in [-0.25, -0.2) is 4.79 Å². The molecule has 0 unspecified atom stereocenters. The SMILES string of the molecule is COCc1c(OC)ccc(CBr)c1C(=O)OC(C)(C)C. The zero-order chi connectivity index (χ0) is 15.3. The van der Waals surface area contributed by atoms with Crippen molar-refractivity contribution in [1.82, 2.24) is 0 Å². The van der Waals surface area contributed by atoms with E-state index in [4.69, 9.17) is 14.2 Å². The standard InChI is InChI=1S/C15H21BrO4/c1-15(2,3)20-14(17)13-10(8-16)6-7-12(19-5)11(13)9-18-4/h6-7H,8-9H2,1-5H3. The number of halogens is 1. The Hall–Kier alpha value is -1.07. The van der Waals surface area contributed by atoms with Crippen molar-refractivity contribution >= 4 is 21.9 Å². The van der Waals surface area contributed by atoms with Crippen LogP contribution in [0.25, 0.3) is 0 Å². The molecule has 0 saturated carbocycles. The molecule has 5 heteroatoms. The van der Waals surface area contributed by atoms with Crippen LogP contribution in [0.2, 0.25) is 0 Å². The zero-order valence-corrected chi connectivity index (χ0v) is 14.2. The molecular weight excluding hydrogens is 324 g/mol. The monoisotopic (exact) mass is 344 g/mol. The largest absolute Gasteiger partial charge is 0.496 e. The van der Waals surface area contributed by atoms with Gasteiger partial charge in [0.05, 0.1) is 19.3 Å². The van der Waals surface area contributed by atoms with E-state index in [0.29, 0.717) is 28.8 Å². The molecule has 0 N–H and O–H groups in total. The normalized spacial score (nSPS) is 11.3. The van der Waals surface area contributed by atoms with Gasteiger partial charge in [-0.15, -0.1) is 0 Å². The summed E-state index contributed by atoms with van der Waals surface area (Å²) in [5, 5.41) is 0.558. The summed E-state index contributed by atoms with van der Waals surface area (Å²) >= 11 is 3.40. The van der Waals surface area contributed by atoms with Gasteiger partial charge in [0.1, 0.15) is 11.4 Å². The van der Waals surface area contributed by atoms with Crippen molar-refractivity contribution in [3.63, 3.8) is 0 Å². The second kappa shape index (κ2) is 7.09. The summed E-state index contributed by atoms with van der Waals surface area (Å²) in [7, 11) is 3.15. The Bertz CT molecular complexity index is 477. The van der Waals surface area contributed by atoms with Crippen molar-refractivity contribution in [2.45, 2.75) is 38.3 Å². The molecule has 0 aliphatic heterocycles. The molecule has 0 heterocycles. The van der Waals surface area contributed by atoms with E-state index >= 15 is 0 Å². The van der Waals surface area contributed by atoms with Gasteiger partial charge in [-0.2, -0.15) is 0 Å². The predicted octanol–water partition coefficient (Wildman–Crippen LogP) is 3.69. The minimum absolute atomic E-state index is 0.290. The van der Waals surface area contributed by atoms with Crippen LogP contribution < -0.4 is 4.74 Å². The molecule has 0 bridgehead atoms. The van der Waals surface area contributed by atoms with Gasteiger partial charge in [0.2, 0.25) is 0 Å². The first-order valence-electron chi connectivity index (χ1n) is 6.31. The molecule has 0 spiro atoms. The highest BCUT2D eigenvalue weighted by molar-refractivity contribution is 9.08. The average molecular weight is 345 g/mol. The number of hydrogen-bond donors (Lipinski definition) is 0. The lowest BCUT2D eigenvalue weighted by molar-refractivity contribution is 0.00644. The van der Waals surface area contributed by atoms with Crippen LogP contribution in [0.15, 0.2) is 12.1 Å². The van der Waals surface area contributed by atoms with E-state index in [1.165, 1.54) is 0 Å². The highest BCUT2D eigenvalue weighted by Gasteiger charge is 2.25. The van der Waals surface area contributed by atoms with Crippen molar-refractivity contribution in [2.24, 2.45) is 0 Å². The summed E-state index contributed by atoms with van der Waals surface area (Å²) in [6.07, 6.45) is 0. The number of hydrogen-bond acceptors (Lipinski definition) is 4. The minimum Gasteiger partial charge on any atom is -0.496 e. The molecule has 0 atom stereocenters. The summed E-state index contributed by atoms with van der Waals surface area (Å²) in [6, 6.07) is 3.69. The number of carbonyl (C=O) groups excluding carboxylic acids is 1. The summed E-state index contributed by atoms with van der Waals surface area (Å²) in [5.74, 6) is 0.260. The van der Waals surface area contributed by atoms with Crippen LogP contribution in [0.4, 0.5) is 0 Å². The molecule has 1 aromatic rings. The number of methoxy groups -OCH3 is 2. The number of rotatable bonds is 5. The van der Waals surface area contributed by atoms with Crippen molar-refractivity contribution in [1.29, 1.82) is 0 Å². The van der Waals surface area contributed by atoms with Crippen molar-refractivity contribution < 1.29 is 19.0 Å². The molecule has 0 aliphatic carbocycles. The maximum absolute atomic E-state index is 12.4. The van der Waals surface area contributed by atoms with Gasteiger partial charge in [0.15, 0.2) is 0 Å². The number of ether oxygens (including phenoxy) is 3. The average Bonchev–Trinajstić information content (AvgIpc) is 2.36. The maximum atomic E-state index is 12.4. The van der Waals surface area contributed by atoms with E-state index < -0.39 is 5.60 Å². The van der Waals surface area contributed by atoms with Crippen LogP contribution in [0.5, 0.6) is 5.75 Å². The Labute approximate surface area is 128 Å². The van der Waals surface area contributed by atoms with Gasteiger partial charge in [-0.1, -0.05) is 22.0 Å². The van der Waals surface area contributed by atoms with E-state index in [1.807, 2.05) is 32.9 Å². The number of benzene rings is 1. The first-order valence-corrected chi connectivity index (χ1v) is 7.43. The molecule has 1 aromatic carbocycles. The van der Waals surface area contributed by atoms with Gasteiger partial charge in [0, 0.05) is 18.0 Å². The lowest BCUT2D eigenvalue weighted by Crippen LogP contribution is -2.25. The number of alkyl halides is 1. The first kappa shape index (κ1) is 17.0. The van der Waals surface area contributed by atoms with Gasteiger partial charge in [-0.05, 0) is 32.4 Å². The van der Waals surface area contributed by atoms with Crippen LogP contribution in [0.1, 0.15) is 42.3 Å². The maximum Gasteiger partial charge on any atom is 0.339 e. The fourth-order valence-electron chi connectivity index (χ4n) is 1.85. The summed E-state index contributed by atoms with van der Waals surface area (Å²) in [5.41, 5.74) is 1.53. The van der Waals surface area contributed by atoms with Gasteiger partial charge in [-0.3, -0.25) is 0 Å². The second-order valence-corrected chi connectivity index (χ2v) is 5.91. The summed E-state index contributed by atoms with van der Waals surface area (Å²) < 4.78 is 16.0. The third-order valence-electron chi connectivity index (χ3n) is 2.61. The van der Waals surface area contributed by atoms with E-state index in [2.05, 4.69) is 15.9 Å². The molecule has 20 heavy (non-hydrogen) atoms. The highest BCUT2D eigenvalue weighted by Crippen LogP contribution is 2.29. The molecular formula is C15H21BrO4. The Morgan fingerprint density at radius 1 is 1.25 bits per heavy atom. The molecule has 0 amide bonds. The Morgan fingerprint density at radius 2 is 1.90 bits per heavy atom. The molecule has 0 radical (unpaired) electrons. The van der Waals surface area contributed by atoms with Crippen LogP contribution in [0.3, 0.4) is 0 Å². The Morgan fingerprint density at radius 3 is 2.35 bits per heavy atom. The van der Waals surface area contributed by atoms with E-state index in [1.54, 1.807) is 14.2 Å². The first-order chi connectivity index (χ1) is 9.34. The minimum atomic E-state index is -0.548. The summed E-state index contributed by atoms with van der Waals surface area (Å²) in [6.45, 7) is 5.82. The summed E-state index contributed by atoms with van der Waals surface area (Å²) in [4.78, 5) is 12.4. The quantitative estimate of drug-likeness (QED) is 0.603. The van der Waals surface area contributed by atoms with Gasteiger partial charge < -0.3 is 14.2 Å². The molecule has 4 nitrogen and oxygen atoms in total. The Kier molecular flexibility index (Phi) is 6.02. The lowest BCUT2D eigenvalue weighted by Gasteiger charge is -2.22. The molecule has 0 saturated heterocycles. The molecule has 0 aromatic heterocycles. The van der Waals surface area contributed by atoms with Crippen LogP contribution in [-0.2, 0) is 21.4 Å². The van der Waals surface area contributed by atoms with Crippen LogP contribution in [0, 0.1) is 0 Å². The predicted molar refractivity (Wildman–Crippen MR) is 81.5 cm³/mol. The highest BCUT2D eigenvalue weighted by atomic mass is 79.9. The van der Waals surface area contributed by atoms with Crippen molar-refractivity contribution in [3.8, 4) is 5.75 Å². The number of esters is 1. The topological polar surface area (TPSA) is 44.8 Å². The molecule has 112 valence electrons. The molecule has 0 fully saturated rings.